The molecule has 4 aromatic rings. The van der Waals surface area contributed by atoms with E-state index < -0.39 is 22.7 Å². The number of methoxy groups -OCH3 is 1. The third kappa shape index (κ3) is 7.44. The number of ether oxygens (including phenoxy) is 2. The highest BCUT2D eigenvalue weighted by Gasteiger charge is 2.29. The molecule has 0 atom stereocenters. The van der Waals surface area contributed by atoms with Crippen molar-refractivity contribution in [2.75, 3.05) is 31.6 Å². The van der Waals surface area contributed by atoms with Crippen molar-refractivity contribution in [2.45, 2.75) is 26.8 Å². The average Bonchev–Trinajstić information content (AvgIpc) is 3.33. The van der Waals surface area contributed by atoms with Gasteiger partial charge in [0.1, 0.15) is 23.8 Å². The molecule has 0 saturated heterocycles. The molecule has 1 aromatic heterocycles. The van der Waals surface area contributed by atoms with Crippen LogP contribution in [0.25, 0.3) is 11.5 Å². The Hall–Kier alpha value is -4.35. The molecule has 0 unspecified atom stereocenters. The van der Waals surface area contributed by atoms with Gasteiger partial charge >= 0.3 is 16.2 Å². The molecule has 0 amide bonds. The van der Waals surface area contributed by atoms with Crippen LogP contribution in [0.4, 0.5) is 5.69 Å². The van der Waals surface area contributed by atoms with Gasteiger partial charge in [-0.1, -0.05) is 29.8 Å². The minimum Gasteiger partial charge on any atom is -0.497 e. The highest BCUT2D eigenvalue weighted by atomic mass is 32.2. The Morgan fingerprint density at radius 3 is 2.20 bits per heavy atom. The number of aliphatic carboxylic acids is 1. The number of rotatable bonds is 13. The number of anilines is 1. The molecule has 1 N–H and O–H groups in total. The molecule has 0 spiro atoms. The molecule has 1 heterocycles. The van der Waals surface area contributed by atoms with Crippen molar-refractivity contribution in [3.63, 3.8) is 0 Å². The lowest BCUT2D eigenvalue weighted by atomic mass is 10.1. The maximum absolute atomic E-state index is 13.3. The zero-order valence-corrected chi connectivity index (χ0v) is 24.2. The normalized spacial score (nSPS) is 11.4. The van der Waals surface area contributed by atoms with Crippen LogP contribution in [0.3, 0.4) is 0 Å². The Morgan fingerprint density at radius 1 is 0.951 bits per heavy atom. The molecule has 10 nitrogen and oxygen atoms in total. The fourth-order valence-electron chi connectivity index (χ4n) is 4.11. The second kappa shape index (κ2) is 12.9. The number of carboxylic acid groups (broad SMARTS) is 1. The number of carboxylic acids is 1. The van der Waals surface area contributed by atoms with Crippen molar-refractivity contribution in [1.29, 1.82) is 0 Å². The van der Waals surface area contributed by atoms with Crippen LogP contribution in [0.5, 0.6) is 11.5 Å². The summed E-state index contributed by atoms with van der Waals surface area (Å²) in [5.41, 5.74) is 3.87. The van der Waals surface area contributed by atoms with E-state index in [0.29, 0.717) is 41.7 Å². The Labute approximate surface area is 239 Å². The predicted octanol–water partition coefficient (Wildman–Crippen LogP) is 4.86. The van der Waals surface area contributed by atoms with Crippen molar-refractivity contribution in [3.05, 3.63) is 95.4 Å². The van der Waals surface area contributed by atoms with E-state index in [-0.39, 0.29) is 6.54 Å². The fraction of sp³-hybridized carbons (Fsp3) is 0.267. The quantitative estimate of drug-likeness (QED) is 0.238. The molecular weight excluding hydrogens is 546 g/mol. The van der Waals surface area contributed by atoms with Gasteiger partial charge in [-0.3, -0.25) is 9.10 Å². The number of nitrogens with zero attached hydrogens (tertiary/aromatic N) is 3. The number of benzene rings is 3. The number of aryl methyl sites for hydroxylation is 2. The molecule has 0 saturated carbocycles. The Kier molecular flexibility index (Phi) is 9.31. The maximum Gasteiger partial charge on any atom is 0.318 e. The zero-order valence-electron chi connectivity index (χ0n) is 23.4. The van der Waals surface area contributed by atoms with Crippen molar-refractivity contribution in [1.82, 2.24) is 9.29 Å². The first-order valence-corrected chi connectivity index (χ1v) is 14.3. The molecule has 4 rings (SSSR count). The Morgan fingerprint density at radius 2 is 1.59 bits per heavy atom. The van der Waals surface area contributed by atoms with Crippen LogP contribution in [0.15, 0.2) is 77.2 Å². The lowest BCUT2D eigenvalue weighted by Gasteiger charge is -2.28. The summed E-state index contributed by atoms with van der Waals surface area (Å²) < 4.78 is 45.4. The van der Waals surface area contributed by atoms with Crippen LogP contribution in [0.2, 0.25) is 0 Å². The molecular formula is C30H33N3O7S. The van der Waals surface area contributed by atoms with Crippen LogP contribution in [-0.4, -0.2) is 56.1 Å². The lowest BCUT2D eigenvalue weighted by Crippen LogP contribution is -2.44. The Balaban J connectivity index is 1.38. The number of oxazole rings is 1. The maximum atomic E-state index is 13.3. The highest BCUT2D eigenvalue weighted by Crippen LogP contribution is 2.25. The lowest BCUT2D eigenvalue weighted by molar-refractivity contribution is -0.137. The average molecular weight is 580 g/mol. The summed E-state index contributed by atoms with van der Waals surface area (Å²) in [6.07, 6.45) is 0.547. The van der Waals surface area contributed by atoms with Crippen LogP contribution >= 0.6 is 0 Å². The number of hydrogen-bond acceptors (Lipinski definition) is 7. The van der Waals surface area contributed by atoms with E-state index in [1.165, 1.54) is 14.2 Å². The Bertz CT molecular complexity index is 1570. The largest absolute Gasteiger partial charge is 0.497 e. The summed E-state index contributed by atoms with van der Waals surface area (Å²) in [5.74, 6) is 1.22. The van der Waals surface area contributed by atoms with E-state index in [1.54, 1.807) is 48.5 Å². The third-order valence-electron chi connectivity index (χ3n) is 6.50. The molecule has 0 bridgehead atoms. The smallest absolute Gasteiger partial charge is 0.318 e. The van der Waals surface area contributed by atoms with E-state index in [1.807, 2.05) is 38.1 Å². The highest BCUT2D eigenvalue weighted by molar-refractivity contribution is 7.90. The minimum atomic E-state index is -4.15. The van der Waals surface area contributed by atoms with Gasteiger partial charge < -0.3 is 19.0 Å². The van der Waals surface area contributed by atoms with Gasteiger partial charge in [0.05, 0.1) is 25.1 Å². The van der Waals surface area contributed by atoms with Gasteiger partial charge in [0.15, 0.2) is 0 Å². The van der Waals surface area contributed by atoms with E-state index in [0.717, 1.165) is 31.2 Å². The van der Waals surface area contributed by atoms with Crippen LogP contribution in [0, 0.1) is 13.8 Å². The summed E-state index contributed by atoms with van der Waals surface area (Å²) in [5, 5.41) is 9.40. The third-order valence-corrected chi connectivity index (χ3v) is 8.31. The molecule has 3 aromatic carbocycles. The van der Waals surface area contributed by atoms with Gasteiger partial charge in [-0.2, -0.15) is 12.7 Å². The topological polar surface area (TPSA) is 122 Å². The van der Waals surface area contributed by atoms with E-state index in [9.17, 15) is 18.3 Å². The summed E-state index contributed by atoms with van der Waals surface area (Å²) in [7, 11) is -1.26. The standard InChI is InChI=1S/C30H33N3O7S/c1-21-5-9-24(10-6-21)30-31-28(22(2)40-30)17-18-39-27-13-7-23(8-14-27)19-33(20-29(34)35)41(36,37)32(3)25-11-15-26(38-4)16-12-25/h5-16H,17-20H2,1-4H3,(H,34,35). The molecule has 11 heteroatoms. The summed E-state index contributed by atoms with van der Waals surface area (Å²) in [6, 6.07) is 21.3. The first kappa shape index (κ1) is 29.6. The van der Waals surface area contributed by atoms with Gasteiger partial charge in [0.2, 0.25) is 5.89 Å². The molecule has 0 fully saturated rings. The molecule has 0 aliphatic carbocycles. The van der Waals surface area contributed by atoms with Gasteiger partial charge in [-0.25, -0.2) is 4.98 Å². The summed E-state index contributed by atoms with van der Waals surface area (Å²) in [6.45, 7) is 3.44. The number of hydrogen-bond donors (Lipinski definition) is 1. The van der Waals surface area contributed by atoms with Crippen molar-refractivity contribution in [3.8, 4) is 23.0 Å². The zero-order chi connectivity index (χ0) is 29.6. The van der Waals surface area contributed by atoms with Crippen LogP contribution in [-0.2, 0) is 28.0 Å². The molecule has 0 aliphatic heterocycles. The second-order valence-corrected chi connectivity index (χ2v) is 11.4. The SMILES string of the molecule is COc1ccc(N(C)S(=O)(=O)N(CC(=O)O)Cc2ccc(OCCc3nc(-c4ccc(C)cc4)oc3C)cc2)cc1. The molecule has 0 aliphatic rings. The second-order valence-electron chi connectivity index (χ2n) is 9.47. The molecule has 41 heavy (non-hydrogen) atoms. The van der Waals surface area contributed by atoms with Crippen molar-refractivity contribution >= 4 is 21.9 Å². The van der Waals surface area contributed by atoms with E-state index in [2.05, 4.69) is 4.98 Å². The van der Waals surface area contributed by atoms with Gasteiger partial charge in [0.25, 0.3) is 0 Å². The van der Waals surface area contributed by atoms with Crippen molar-refractivity contribution in [2.24, 2.45) is 0 Å². The van der Waals surface area contributed by atoms with Gasteiger partial charge in [0, 0.05) is 25.6 Å². The van der Waals surface area contributed by atoms with Crippen LogP contribution in [0.1, 0.15) is 22.6 Å². The van der Waals surface area contributed by atoms with Gasteiger partial charge in [-0.15, -0.1) is 0 Å². The van der Waals surface area contributed by atoms with Crippen molar-refractivity contribution < 1.29 is 32.2 Å². The van der Waals surface area contributed by atoms with E-state index >= 15 is 0 Å². The molecule has 0 radical (unpaired) electrons. The van der Waals surface area contributed by atoms with Crippen LogP contribution < -0.4 is 13.8 Å². The first-order valence-electron chi connectivity index (χ1n) is 12.9. The molecule has 216 valence electrons. The minimum absolute atomic E-state index is 0.130. The van der Waals surface area contributed by atoms with E-state index in [4.69, 9.17) is 13.9 Å². The first-order chi connectivity index (χ1) is 19.6. The number of aromatic nitrogens is 1. The monoisotopic (exact) mass is 579 g/mol. The van der Waals surface area contributed by atoms with Gasteiger partial charge in [-0.05, 0) is 67.9 Å². The predicted molar refractivity (Wildman–Crippen MR) is 155 cm³/mol. The summed E-state index contributed by atoms with van der Waals surface area (Å²) in [4.78, 5) is 16.1. The fourth-order valence-corrected chi connectivity index (χ4v) is 5.43. The number of carbonyl (C=O) groups is 1. The summed E-state index contributed by atoms with van der Waals surface area (Å²) >= 11 is 0.